The van der Waals surface area contributed by atoms with Gasteiger partial charge in [-0.25, -0.2) is 4.39 Å². The van der Waals surface area contributed by atoms with E-state index >= 15 is 0 Å². The second kappa shape index (κ2) is 9.37. The molecule has 3 aromatic rings. The summed E-state index contributed by atoms with van der Waals surface area (Å²) >= 11 is 0. The Labute approximate surface area is 203 Å². The van der Waals surface area contributed by atoms with Gasteiger partial charge in [-0.2, -0.15) is 13.2 Å². The number of ketones is 1. The first-order valence-electron chi connectivity index (χ1n) is 10.5. The number of rotatable bonds is 5. The SMILES string of the molecule is COc1ccc(OC)c(/C(O)=C2\C(=O)C(=O)N(c3cccc(C(F)(F)F)c3)C2c2ccccc2F)c1. The van der Waals surface area contributed by atoms with Crippen LogP contribution >= 0.6 is 0 Å². The Morgan fingerprint density at radius 2 is 1.67 bits per heavy atom. The fourth-order valence-corrected chi connectivity index (χ4v) is 4.07. The molecule has 1 amide bonds. The predicted molar refractivity (Wildman–Crippen MR) is 122 cm³/mol. The molecule has 186 valence electrons. The van der Waals surface area contributed by atoms with Gasteiger partial charge in [-0.05, 0) is 42.5 Å². The average Bonchev–Trinajstić information content (AvgIpc) is 3.13. The minimum Gasteiger partial charge on any atom is -0.507 e. The number of aliphatic hydroxyl groups is 1. The minimum absolute atomic E-state index is 0.0276. The van der Waals surface area contributed by atoms with E-state index < -0.39 is 46.6 Å². The maximum absolute atomic E-state index is 15.0. The molecule has 1 aliphatic rings. The molecular formula is C26H19F4NO5. The van der Waals surface area contributed by atoms with Crippen LogP contribution in [-0.4, -0.2) is 31.0 Å². The highest BCUT2D eigenvalue weighted by molar-refractivity contribution is 6.51. The fraction of sp³-hybridized carbons (Fsp3) is 0.154. The van der Waals surface area contributed by atoms with Crippen LogP contribution in [0, 0.1) is 5.82 Å². The smallest absolute Gasteiger partial charge is 0.416 e. The molecule has 0 aromatic heterocycles. The summed E-state index contributed by atoms with van der Waals surface area (Å²) in [5.74, 6) is -3.57. The van der Waals surface area contributed by atoms with Crippen LogP contribution in [0.4, 0.5) is 23.2 Å². The van der Waals surface area contributed by atoms with E-state index in [2.05, 4.69) is 0 Å². The lowest BCUT2D eigenvalue weighted by Gasteiger charge is -2.26. The summed E-state index contributed by atoms with van der Waals surface area (Å²) in [4.78, 5) is 27.1. The fourth-order valence-electron chi connectivity index (χ4n) is 4.07. The summed E-state index contributed by atoms with van der Waals surface area (Å²) in [6.07, 6.45) is -4.73. The van der Waals surface area contributed by atoms with Crippen molar-refractivity contribution in [3.05, 3.63) is 94.8 Å². The van der Waals surface area contributed by atoms with Crippen molar-refractivity contribution < 1.29 is 41.7 Å². The van der Waals surface area contributed by atoms with Crippen LogP contribution in [0.2, 0.25) is 0 Å². The first-order valence-corrected chi connectivity index (χ1v) is 10.5. The van der Waals surface area contributed by atoms with Crippen molar-refractivity contribution in [2.45, 2.75) is 12.2 Å². The number of hydrogen-bond donors (Lipinski definition) is 1. The molecular weight excluding hydrogens is 482 g/mol. The number of methoxy groups -OCH3 is 2. The Kier molecular flexibility index (Phi) is 6.45. The molecule has 0 spiro atoms. The van der Waals surface area contributed by atoms with Gasteiger partial charge in [-0.1, -0.05) is 24.3 Å². The van der Waals surface area contributed by atoms with Crippen LogP contribution < -0.4 is 14.4 Å². The van der Waals surface area contributed by atoms with E-state index in [1.807, 2.05) is 0 Å². The molecule has 1 heterocycles. The highest BCUT2D eigenvalue weighted by Gasteiger charge is 2.48. The van der Waals surface area contributed by atoms with Crippen molar-refractivity contribution in [1.82, 2.24) is 0 Å². The quantitative estimate of drug-likeness (QED) is 0.217. The highest BCUT2D eigenvalue weighted by Crippen LogP contribution is 2.45. The molecule has 0 saturated carbocycles. The number of carbonyl (C=O) groups is 2. The van der Waals surface area contributed by atoms with Gasteiger partial charge in [0, 0.05) is 11.3 Å². The van der Waals surface area contributed by atoms with Crippen LogP contribution in [0.15, 0.2) is 72.3 Å². The van der Waals surface area contributed by atoms with E-state index in [0.29, 0.717) is 6.07 Å². The molecule has 1 N–H and O–H groups in total. The number of aliphatic hydroxyl groups excluding tert-OH is 1. The number of nitrogens with zero attached hydrogens (tertiary/aromatic N) is 1. The maximum atomic E-state index is 15.0. The van der Waals surface area contributed by atoms with Crippen molar-refractivity contribution in [2.75, 3.05) is 19.1 Å². The number of Topliss-reactive ketones (excluding diaryl/α,β-unsaturated/α-hetero) is 1. The molecule has 0 radical (unpaired) electrons. The zero-order valence-electron chi connectivity index (χ0n) is 19.0. The van der Waals surface area contributed by atoms with Crippen LogP contribution in [0.5, 0.6) is 11.5 Å². The third kappa shape index (κ3) is 4.26. The number of anilines is 1. The Morgan fingerprint density at radius 3 is 2.31 bits per heavy atom. The molecule has 4 rings (SSSR count). The summed E-state index contributed by atoms with van der Waals surface area (Å²) in [5, 5.41) is 11.3. The molecule has 36 heavy (non-hydrogen) atoms. The number of ether oxygens (including phenoxy) is 2. The lowest BCUT2D eigenvalue weighted by Crippen LogP contribution is -2.30. The summed E-state index contributed by atoms with van der Waals surface area (Å²) in [5.41, 5.74) is -2.10. The van der Waals surface area contributed by atoms with E-state index in [1.165, 1.54) is 56.7 Å². The molecule has 6 nitrogen and oxygen atoms in total. The van der Waals surface area contributed by atoms with Gasteiger partial charge in [-0.3, -0.25) is 14.5 Å². The second-order valence-electron chi connectivity index (χ2n) is 7.80. The largest absolute Gasteiger partial charge is 0.507 e. The number of halogens is 4. The second-order valence-corrected chi connectivity index (χ2v) is 7.80. The van der Waals surface area contributed by atoms with E-state index in [1.54, 1.807) is 0 Å². The molecule has 10 heteroatoms. The molecule has 1 aliphatic heterocycles. The molecule has 1 fully saturated rings. The van der Waals surface area contributed by atoms with Crippen molar-refractivity contribution in [3.8, 4) is 11.5 Å². The van der Waals surface area contributed by atoms with Gasteiger partial charge in [0.15, 0.2) is 0 Å². The van der Waals surface area contributed by atoms with Crippen molar-refractivity contribution in [2.24, 2.45) is 0 Å². The number of amides is 1. The van der Waals surface area contributed by atoms with E-state index in [0.717, 1.165) is 23.1 Å². The highest BCUT2D eigenvalue weighted by atomic mass is 19.4. The molecule has 1 saturated heterocycles. The summed E-state index contributed by atoms with van der Waals surface area (Å²) in [6, 6.07) is 11.7. The standard InChI is InChI=1S/C26H19F4NO5/c1-35-16-10-11-20(36-2)18(13-16)23(32)21-22(17-8-3-4-9-19(17)27)31(25(34)24(21)33)15-7-5-6-14(12-15)26(28,29)30/h3-13,22,32H,1-2H3/b23-21+. The van der Waals surface area contributed by atoms with Crippen molar-refractivity contribution in [1.29, 1.82) is 0 Å². The van der Waals surface area contributed by atoms with Gasteiger partial charge in [0.05, 0.1) is 37.0 Å². The third-order valence-corrected chi connectivity index (χ3v) is 5.76. The predicted octanol–water partition coefficient (Wildman–Crippen LogP) is 5.49. The lowest BCUT2D eigenvalue weighted by atomic mass is 9.94. The molecule has 0 bridgehead atoms. The molecule has 3 aromatic carbocycles. The van der Waals surface area contributed by atoms with Gasteiger partial charge in [0.2, 0.25) is 0 Å². The number of hydrogen-bond acceptors (Lipinski definition) is 5. The van der Waals surface area contributed by atoms with Gasteiger partial charge >= 0.3 is 6.18 Å². The lowest BCUT2D eigenvalue weighted by molar-refractivity contribution is -0.137. The number of alkyl halides is 3. The summed E-state index contributed by atoms with van der Waals surface area (Å²) in [6.45, 7) is 0. The van der Waals surface area contributed by atoms with Crippen LogP contribution in [-0.2, 0) is 15.8 Å². The van der Waals surface area contributed by atoms with E-state index in [-0.39, 0.29) is 28.3 Å². The maximum Gasteiger partial charge on any atom is 0.416 e. The topological polar surface area (TPSA) is 76.1 Å². The molecule has 1 unspecified atom stereocenters. The summed E-state index contributed by atoms with van der Waals surface area (Å²) in [7, 11) is 2.69. The normalized spacial score (nSPS) is 17.4. The van der Waals surface area contributed by atoms with E-state index in [4.69, 9.17) is 9.47 Å². The third-order valence-electron chi connectivity index (χ3n) is 5.76. The molecule has 1 atom stereocenters. The minimum atomic E-state index is -4.73. The zero-order valence-corrected chi connectivity index (χ0v) is 19.0. The average molecular weight is 501 g/mol. The van der Waals surface area contributed by atoms with Gasteiger partial charge in [0.1, 0.15) is 23.1 Å². The van der Waals surface area contributed by atoms with Gasteiger partial charge in [0.25, 0.3) is 11.7 Å². The summed E-state index contributed by atoms with van der Waals surface area (Å²) < 4.78 is 65.6. The van der Waals surface area contributed by atoms with Crippen LogP contribution in [0.3, 0.4) is 0 Å². The van der Waals surface area contributed by atoms with Crippen molar-refractivity contribution >= 4 is 23.1 Å². The Balaban J connectivity index is 2.01. The first-order chi connectivity index (χ1) is 17.1. The van der Waals surface area contributed by atoms with Gasteiger partial charge in [-0.15, -0.1) is 0 Å². The monoisotopic (exact) mass is 501 g/mol. The van der Waals surface area contributed by atoms with Crippen LogP contribution in [0.1, 0.15) is 22.7 Å². The van der Waals surface area contributed by atoms with Crippen LogP contribution in [0.25, 0.3) is 5.76 Å². The Morgan fingerprint density at radius 1 is 0.944 bits per heavy atom. The molecule has 0 aliphatic carbocycles. The van der Waals surface area contributed by atoms with E-state index in [9.17, 15) is 32.3 Å². The number of benzene rings is 3. The number of carbonyl (C=O) groups excluding carboxylic acids is 2. The first kappa shape index (κ1) is 24.8. The Bertz CT molecular complexity index is 1380. The Hall–Kier alpha value is -4.34. The van der Waals surface area contributed by atoms with Gasteiger partial charge < -0.3 is 14.6 Å². The van der Waals surface area contributed by atoms with Crippen molar-refractivity contribution in [3.63, 3.8) is 0 Å². The zero-order chi connectivity index (χ0) is 26.2.